The summed E-state index contributed by atoms with van der Waals surface area (Å²) >= 11 is 0. The fourth-order valence-electron chi connectivity index (χ4n) is 1.67. The monoisotopic (exact) mass is 315 g/mol. The molecule has 0 amide bonds. The maximum absolute atomic E-state index is 11.7. The Morgan fingerprint density at radius 2 is 2.05 bits per heavy atom. The zero-order valence-corrected chi connectivity index (χ0v) is 13.0. The molecule has 0 radical (unpaired) electrons. The zero-order chi connectivity index (χ0) is 15.9. The number of benzene rings is 1. The van der Waals surface area contributed by atoms with Crippen molar-refractivity contribution in [3.05, 3.63) is 23.8 Å². The van der Waals surface area contributed by atoms with Crippen LogP contribution in [0.15, 0.2) is 18.2 Å². The van der Waals surface area contributed by atoms with Crippen molar-refractivity contribution in [2.75, 3.05) is 36.5 Å². The van der Waals surface area contributed by atoms with E-state index in [4.69, 9.17) is 10.5 Å². The van der Waals surface area contributed by atoms with Gasteiger partial charge in [0.1, 0.15) is 0 Å². The van der Waals surface area contributed by atoms with Crippen molar-refractivity contribution in [3.8, 4) is 0 Å². The standard InChI is InChI=1S/C13H21N3O4S/c1-3-16-21(18,19)8-7-15-10-5-6-12(14)11(9-10)13(17)20-4-2/h5-6,9,15-16H,3-4,7-8,14H2,1-2H3. The number of carbonyl (C=O) groups excluding carboxylic acids is 1. The van der Waals surface area contributed by atoms with Crippen LogP contribution in [0.4, 0.5) is 11.4 Å². The lowest BCUT2D eigenvalue weighted by atomic mass is 10.1. The molecule has 0 heterocycles. The Morgan fingerprint density at radius 3 is 2.67 bits per heavy atom. The summed E-state index contributed by atoms with van der Waals surface area (Å²) < 4.78 is 30.3. The van der Waals surface area contributed by atoms with Crippen LogP contribution in [-0.2, 0) is 14.8 Å². The summed E-state index contributed by atoms with van der Waals surface area (Å²) in [6.45, 7) is 4.27. The number of carbonyl (C=O) groups is 1. The van der Waals surface area contributed by atoms with E-state index in [2.05, 4.69) is 10.0 Å². The van der Waals surface area contributed by atoms with Crippen molar-refractivity contribution in [2.45, 2.75) is 13.8 Å². The molecule has 4 N–H and O–H groups in total. The molecule has 118 valence electrons. The van der Waals surface area contributed by atoms with E-state index in [0.29, 0.717) is 17.9 Å². The number of hydrogen-bond donors (Lipinski definition) is 3. The Bertz CT molecular complexity index is 587. The molecule has 0 saturated carbocycles. The lowest BCUT2D eigenvalue weighted by Crippen LogP contribution is -2.29. The van der Waals surface area contributed by atoms with Gasteiger partial charge in [-0.15, -0.1) is 0 Å². The highest BCUT2D eigenvalue weighted by Gasteiger charge is 2.12. The van der Waals surface area contributed by atoms with Gasteiger partial charge >= 0.3 is 5.97 Å². The molecule has 0 fully saturated rings. The molecule has 0 spiro atoms. The molecule has 1 aromatic carbocycles. The molecule has 0 aliphatic heterocycles. The minimum absolute atomic E-state index is 0.0556. The summed E-state index contributed by atoms with van der Waals surface area (Å²) in [7, 11) is -3.27. The number of nitrogens with two attached hydrogens (primary N) is 1. The van der Waals surface area contributed by atoms with E-state index in [9.17, 15) is 13.2 Å². The molecule has 7 nitrogen and oxygen atoms in total. The van der Waals surface area contributed by atoms with Gasteiger partial charge in [0, 0.05) is 24.5 Å². The van der Waals surface area contributed by atoms with Crippen molar-refractivity contribution in [2.24, 2.45) is 0 Å². The van der Waals surface area contributed by atoms with Crippen LogP contribution in [0.25, 0.3) is 0 Å². The van der Waals surface area contributed by atoms with Gasteiger partial charge < -0.3 is 15.8 Å². The second-order valence-electron chi connectivity index (χ2n) is 4.27. The highest BCUT2D eigenvalue weighted by molar-refractivity contribution is 7.89. The van der Waals surface area contributed by atoms with E-state index >= 15 is 0 Å². The number of rotatable bonds is 8. The first-order chi connectivity index (χ1) is 9.89. The van der Waals surface area contributed by atoms with Crippen LogP contribution in [0, 0.1) is 0 Å². The summed E-state index contributed by atoms with van der Waals surface area (Å²) in [6.07, 6.45) is 0. The van der Waals surface area contributed by atoms with Gasteiger partial charge in [0.25, 0.3) is 0 Å². The first kappa shape index (κ1) is 17.3. The molecule has 1 rings (SSSR count). The molecule has 0 aliphatic carbocycles. The van der Waals surface area contributed by atoms with Gasteiger partial charge in [-0.05, 0) is 25.1 Å². The van der Waals surface area contributed by atoms with Crippen molar-refractivity contribution in [3.63, 3.8) is 0 Å². The summed E-state index contributed by atoms with van der Waals surface area (Å²) in [5, 5.41) is 2.94. The molecular formula is C13H21N3O4S. The maximum atomic E-state index is 11.7. The van der Waals surface area contributed by atoms with Crippen LogP contribution in [0.1, 0.15) is 24.2 Å². The number of nitrogens with one attached hydrogen (secondary N) is 2. The number of hydrogen-bond acceptors (Lipinski definition) is 6. The topological polar surface area (TPSA) is 111 Å². The smallest absolute Gasteiger partial charge is 0.340 e. The van der Waals surface area contributed by atoms with Crippen LogP contribution < -0.4 is 15.8 Å². The molecule has 8 heteroatoms. The van der Waals surface area contributed by atoms with Crippen LogP contribution in [-0.4, -0.2) is 39.8 Å². The van der Waals surface area contributed by atoms with Gasteiger partial charge in [-0.3, -0.25) is 0 Å². The second-order valence-corrected chi connectivity index (χ2v) is 6.19. The van der Waals surface area contributed by atoms with E-state index in [1.165, 1.54) is 0 Å². The highest BCUT2D eigenvalue weighted by Crippen LogP contribution is 2.18. The van der Waals surface area contributed by atoms with Crippen LogP contribution in [0.3, 0.4) is 0 Å². The fourth-order valence-corrected chi connectivity index (χ4v) is 2.63. The largest absolute Gasteiger partial charge is 0.462 e. The van der Waals surface area contributed by atoms with Crippen molar-refractivity contribution < 1.29 is 17.9 Å². The average molecular weight is 315 g/mol. The van der Waals surface area contributed by atoms with Gasteiger partial charge in [-0.25, -0.2) is 17.9 Å². The normalized spacial score (nSPS) is 11.1. The Hall–Kier alpha value is -1.80. The van der Waals surface area contributed by atoms with E-state index in [1.807, 2.05) is 0 Å². The molecule has 0 aliphatic rings. The van der Waals surface area contributed by atoms with Crippen molar-refractivity contribution in [1.82, 2.24) is 4.72 Å². The molecule has 0 unspecified atom stereocenters. The van der Waals surface area contributed by atoms with Gasteiger partial charge in [0.05, 0.1) is 17.9 Å². The molecule has 1 aromatic rings. The summed E-state index contributed by atoms with van der Waals surface area (Å²) in [4.78, 5) is 11.7. The van der Waals surface area contributed by atoms with Gasteiger partial charge in [0.15, 0.2) is 0 Å². The molecule has 0 bridgehead atoms. The van der Waals surface area contributed by atoms with Crippen LogP contribution >= 0.6 is 0 Å². The predicted molar refractivity (Wildman–Crippen MR) is 82.8 cm³/mol. The molecule has 21 heavy (non-hydrogen) atoms. The van der Waals surface area contributed by atoms with Crippen molar-refractivity contribution >= 4 is 27.4 Å². The molecular weight excluding hydrogens is 294 g/mol. The maximum Gasteiger partial charge on any atom is 0.340 e. The number of ether oxygens (including phenoxy) is 1. The lowest BCUT2D eigenvalue weighted by molar-refractivity contribution is 0.0527. The SMILES string of the molecule is CCNS(=O)(=O)CCNc1ccc(N)c(C(=O)OCC)c1. The summed E-state index contributed by atoms with van der Waals surface area (Å²) in [5.74, 6) is -0.557. The minimum Gasteiger partial charge on any atom is -0.462 e. The Kier molecular flexibility index (Phi) is 6.44. The van der Waals surface area contributed by atoms with Gasteiger partial charge in [-0.1, -0.05) is 6.92 Å². The zero-order valence-electron chi connectivity index (χ0n) is 12.2. The van der Waals surface area contributed by atoms with Crippen molar-refractivity contribution in [1.29, 1.82) is 0 Å². The van der Waals surface area contributed by atoms with Crippen LogP contribution in [0.5, 0.6) is 0 Å². The second kappa shape index (κ2) is 7.84. The summed E-state index contributed by atoms with van der Waals surface area (Å²) in [6, 6.07) is 4.80. The number of esters is 1. The number of anilines is 2. The lowest BCUT2D eigenvalue weighted by Gasteiger charge is -2.10. The number of nitrogen functional groups attached to an aromatic ring is 1. The van der Waals surface area contributed by atoms with E-state index in [1.54, 1.807) is 32.0 Å². The first-order valence-corrected chi connectivity index (χ1v) is 8.32. The average Bonchev–Trinajstić information content (AvgIpc) is 2.40. The summed E-state index contributed by atoms with van der Waals surface area (Å²) in [5.41, 5.74) is 6.91. The third kappa shape index (κ3) is 5.60. The third-order valence-electron chi connectivity index (χ3n) is 2.61. The van der Waals surface area contributed by atoms with Gasteiger partial charge in [-0.2, -0.15) is 0 Å². The fraction of sp³-hybridized carbons (Fsp3) is 0.462. The highest BCUT2D eigenvalue weighted by atomic mass is 32.2. The molecule has 0 atom stereocenters. The van der Waals surface area contributed by atoms with Gasteiger partial charge in [0.2, 0.25) is 10.0 Å². The van der Waals surface area contributed by atoms with E-state index < -0.39 is 16.0 Å². The number of sulfonamides is 1. The predicted octanol–water partition coefficient (Wildman–Crippen LogP) is 0.797. The quantitative estimate of drug-likeness (QED) is 0.483. The molecule has 0 saturated heterocycles. The third-order valence-corrected chi connectivity index (χ3v) is 4.08. The van der Waals surface area contributed by atoms with Crippen LogP contribution in [0.2, 0.25) is 0 Å². The van der Waals surface area contributed by atoms with E-state index in [-0.39, 0.29) is 24.5 Å². The van der Waals surface area contributed by atoms with E-state index in [0.717, 1.165) is 0 Å². The minimum atomic E-state index is -3.27. The molecule has 0 aromatic heterocycles. The Balaban J connectivity index is 2.69. The Morgan fingerprint density at radius 1 is 1.33 bits per heavy atom. The first-order valence-electron chi connectivity index (χ1n) is 6.67. The Labute approximate surface area is 124 Å².